The Bertz CT molecular complexity index is 190. The van der Waals surface area contributed by atoms with Crippen LogP contribution in [0.2, 0.25) is 0 Å². The summed E-state index contributed by atoms with van der Waals surface area (Å²) < 4.78 is 0. The Balaban J connectivity index is 3.46. The molecule has 0 saturated heterocycles. The predicted molar refractivity (Wildman–Crippen MR) is 75.8 cm³/mol. The minimum Gasteiger partial charge on any atom is -0.355 e. The van der Waals surface area contributed by atoms with E-state index in [-0.39, 0.29) is 0 Å². The highest BCUT2D eigenvalue weighted by atomic mass is 15.3. The summed E-state index contributed by atoms with van der Waals surface area (Å²) in [5, 5.41) is 3.23. The fraction of sp³-hybridized carbons (Fsp3) is 0.923. The van der Waals surface area contributed by atoms with Gasteiger partial charge in [0.2, 0.25) is 5.96 Å². The molecule has 0 amide bonds. The number of aliphatic imine (C=N–C) groups is 1. The van der Waals surface area contributed by atoms with E-state index in [0.29, 0.717) is 11.9 Å². The fourth-order valence-corrected chi connectivity index (χ4v) is 1.54. The van der Waals surface area contributed by atoms with Crippen molar-refractivity contribution in [3.63, 3.8) is 0 Å². The molecule has 4 heteroatoms. The van der Waals surface area contributed by atoms with E-state index in [9.17, 15) is 0 Å². The number of nitrogens with zero attached hydrogens (tertiary/aromatic N) is 1. The van der Waals surface area contributed by atoms with Gasteiger partial charge in [0.15, 0.2) is 0 Å². The zero-order valence-corrected chi connectivity index (χ0v) is 11.8. The van der Waals surface area contributed by atoms with E-state index in [4.69, 9.17) is 5.84 Å². The Kier molecular flexibility index (Phi) is 11.2. The van der Waals surface area contributed by atoms with Crippen molar-refractivity contribution in [2.45, 2.75) is 59.3 Å². The van der Waals surface area contributed by atoms with Crippen molar-refractivity contribution in [3.05, 3.63) is 0 Å². The van der Waals surface area contributed by atoms with E-state index in [2.05, 4.69) is 36.5 Å². The Morgan fingerprint density at radius 1 is 1.12 bits per heavy atom. The fourth-order valence-electron chi connectivity index (χ4n) is 1.54. The highest BCUT2D eigenvalue weighted by Gasteiger charge is 1.96. The second-order valence-corrected chi connectivity index (χ2v) is 4.92. The SMILES string of the molecule is CCCCCCCCNC(=NCC(C)C)NN. The van der Waals surface area contributed by atoms with Crippen LogP contribution in [0.5, 0.6) is 0 Å². The van der Waals surface area contributed by atoms with E-state index in [1.807, 2.05) is 0 Å². The molecule has 0 aliphatic carbocycles. The van der Waals surface area contributed by atoms with Crippen LogP contribution < -0.4 is 16.6 Å². The normalized spacial score (nSPS) is 11.9. The topological polar surface area (TPSA) is 62.4 Å². The van der Waals surface area contributed by atoms with Crippen LogP contribution in [0, 0.1) is 5.92 Å². The Morgan fingerprint density at radius 3 is 2.35 bits per heavy atom. The molecule has 0 atom stereocenters. The van der Waals surface area contributed by atoms with Crippen molar-refractivity contribution in [2.24, 2.45) is 16.8 Å². The van der Waals surface area contributed by atoms with Gasteiger partial charge in [-0.3, -0.25) is 10.4 Å². The third-order valence-corrected chi connectivity index (χ3v) is 2.57. The van der Waals surface area contributed by atoms with Crippen molar-refractivity contribution in [3.8, 4) is 0 Å². The first kappa shape index (κ1) is 16.2. The van der Waals surface area contributed by atoms with Crippen LogP contribution >= 0.6 is 0 Å². The van der Waals surface area contributed by atoms with Gasteiger partial charge in [0, 0.05) is 13.1 Å². The summed E-state index contributed by atoms with van der Waals surface area (Å²) in [6.45, 7) is 8.29. The number of nitrogens with two attached hydrogens (primary N) is 1. The van der Waals surface area contributed by atoms with Gasteiger partial charge in [-0.15, -0.1) is 0 Å². The molecule has 0 spiro atoms. The van der Waals surface area contributed by atoms with Crippen LogP contribution in [0.15, 0.2) is 4.99 Å². The maximum Gasteiger partial charge on any atom is 0.205 e. The Labute approximate surface area is 106 Å². The van der Waals surface area contributed by atoms with E-state index in [1.165, 1.54) is 38.5 Å². The summed E-state index contributed by atoms with van der Waals surface area (Å²) in [7, 11) is 0. The number of hydrogen-bond acceptors (Lipinski definition) is 2. The Morgan fingerprint density at radius 2 is 1.76 bits per heavy atom. The first-order chi connectivity index (χ1) is 8.20. The molecule has 0 unspecified atom stereocenters. The summed E-state index contributed by atoms with van der Waals surface area (Å²) in [6.07, 6.45) is 7.84. The molecule has 0 rings (SSSR count). The van der Waals surface area contributed by atoms with Crippen molar-refractivity contribution in [1.29, 1.82) is 0 Å². The van der Waals surface area contributed by atoms with Gasteiger partial charge in [-0.05, 0) is 12.3 Å². The standard InChI is InChI=1S/C13H30N4/c1-4-5-6-7-8-9-10-15-13(17-14)16-11-12(2)3/h12H,4-11,14H2,1-3H3,(H2,15,16,17). The van der Waals surface area contributed by atoms with Crippen LogP contribution in [-0.2, 0) is 0 Å². The first-order valence-electron chi connectivity index (χ1n) is 6.95. The lowest BCUT2D eigenvalue weighted by Gasteiger charge is -2.09. The predicted octanol–water partition coefficient (Wildman–Crippen LogP) is 2.41. The van der Waals surface area contributed by atoms with Crippen LogP contribution in [0.25, 0.3) is 0 Å². The van der Waals surface area contributed by atoms with Crippen LogP contribution in [-0.4, -0.2) is 19.0 Å². The number of hydrazine groups is 1. The monoisotopic (exact) mass is 242 g/mol. The number of unbranched alkanes of at least 4 members (excludes halogenated alkanes) is 5. The molecule has 0 aromatic rings. The molecule has 0 radical (unpaired) electrons. The molecule has 0 aromatic heterocycles. The van der Waals surface area contributed by atoms with Crippen molar-refractivity contribution < 1.29 is 0 Å². The molecule has 0 fully saturated rings. The summed E-state index contributed by atoms with van der Waals surface area (Å²) in [5.41, 5.74) is 2.61. The van der Waals surface area contributed by atoms with Crippen molar-refractivity contribution in [2.75, 3.05) is 13.1 Å². The van der Waals surface area contributed by atoms with Gasteiger partial charge in [0.1, 0.15) is 0 Å². The maximum atomic E-state index is 5.40. The number of nitrogens with one attached hydrogen (secondary N) is 2. The average Bonchev–Trinajstić information content (AvgIpc) is 2.31. The molecule has 4 nitrogen and oxygen atoms in total. The van der Waals surface area contributed by atoms with Crippen LogP contribution in [0.4, 0.5) is 0 Å². The number of hydrogen-bond donors (Lipinski definition) is 3. The summed E-state index contributed by atoms with van der Waals surface area (Å²) in [4.78, 5) is 4.36. The molecular weight excluding hydrogens is 212 g/mol. The van der Waals surface area contributed by atoms with Crippen molar-refractivity contribution >= 4 is 5.96 Å². The minimum atomic E-state index is 0.564. The van der Waals surface area contributed by atoms with Gasteiger partial charge < -0.3 is 5.32 Å². The quantitative estimate of drug-likeness (QED) is 0.191. The summed E-state index contributed by atoms with van der Waals surface area (Å²) in [6, 6.07) is 0. The number of rotatable bonds is 9. The van der Waals surface area contributed by atoms with E-state index < -0.39 is 0 Å². The van der Waals surface area contributed by atoms with Gasteiger partial charge >= 0.3 is 0 Å². The molecule has 0 aliphatic rings. The zero-order valence-electron chi connectivity index (χ0n) is 11.8. The van der Waals surface area contributed by atoms with Gasteiger partial charge in [-0.1, -0.05) is 52.9 Å². The Hall–Kier alpha value is -0.770. The molecular formula is C13H30N4. The summed E-state index contributed by atoms with van der Waals surface area (Å²) in [5.74, 6) is 6.68. The molecule has 4 N–H and O–H groups in total. The van der Waals surface area contributed by atoms with E-state index >= 15 is 0 Å². The highest BCUT2D eigenvalue weighted by molar-refractivity contribution is 5.79. The molecule has 0 aliphatic heterocycles. The third kappa shape index (κ3) is 11.5. The van der Waals surface area contributed by atoms with Crippen LogP contribution in [0.3, 0.4) is 0 Å². The largest absolute Gasteiger partial charge is 0.355 e. The lowest BCUT2D eigenvalue weighted by atomic mass is 10.1. The highest BCUT2D eigenvalue weighted by Crippen LogP contribution is 2.03. The first-order valence-corrected chi connectivity index (χ1v) is 6.95. The molecule has 17 heavy (non-hydrogen) atoms. The lowest BCUT2D eigenvalue weighted by molar-refractivity contribution is 0.598. The minimum absolute atomic E-state index is 0.564. The maximum absolute atomic E-state index is 5.40. The third-order valence-electron chi connectivity index (χ3n) is 2.57. The van der Waals surface area contributed by atoms with E-state index in [1.54, 1.807) is 0 Å². The second-order valence-electron chi connectivity index (χ2n) is 4.92. The van der Waals surface area contributed by atoms with Gasteiger partial charge in [0.25, 0.3) is 0 Å². The number of guanidine groups is 1. The van der Waals surface area contributed by atoms with Crippen molar-refractivity contribution in [1.82, 2.24) is 10.7 Å². The van der Waals surface area contributed by atoms with Gasteiger partial charge in [0.05, 0.1) is 0 Å². The molecule has 0 bridgehead atoms. The average molecular weight is 242 g/mol. The molecule has 0 saturated carbocycles. The molecule has 0 heterocycles. The lowest BCUT2D eigenvalue weighted by Crippen LogP contribution is -2.42. The second kappa shape index (κ2) is 11.7. The molecule has 102 valence electrons. The van der Waals surface area contributed by atoms with Gasteiger partial charge in [-0.25, -0.2) is 5.84 Å². The van der Waals surface area contributed by atoms with Gasteiger partial charge in [-0.2, -0.15) is 0 Å². The molecule has 0 aromatic carbocycles. The zero-order chi connectivity index (χ0) is 12.9. The smallest absolute Gasteiger partial charge is 0.205 e. The van der Waals surface area contributed by atoms with Crippen LogP contribution in [0.1, 0.15) is 59.3 Å². The van der Waals surface area contributed by atoms with E-state index in [0.717, 1.165) is 13.1 Å². The summed E-state index contributed by atoms with van der Waals surface area (Å²) >= 11 is 0.